The van der Waals surface area contributed by atoms with E-state index in [9.17, 15) is 9.59 Å². The van der Waals surface area contributed by atoms with E-state index in [1.165, 1.54) is 7.05 Å². The third-order valence-corrected chi connectivity index (χ3v) is 2.22. The van der Waals surface area contributed by atoms with Crippen molar-refractivity contribution in [2.75, 3.05) is 13.6 Å². The second kappa shape index (κ2) is 6.25. The number of rotatable bonds is 4. The van der Waals surface area contributed by atoms with Crippen LogP contribution in [-0.4, -0.2) is 35.6 Å². The fraction of sp³-hybridized carbons (Fsp3) is 0.250. The number of nitrogens with zero attached hydrogens (tertiary/aromatic N) is 2. The number of carboxylic acids is 1. The standard InChI is InChI=1S/C12H13N3O3/c1-15(8-11(16)17)12(18)14-7-10-4-2-3-9(5-10)6-13/h2-5H,7-8H2,1H3,(H,14,18)(H,16,17). The molecule has 0 bridgehead atoms. The van der Waals surface area contributed by atoms with E-state index in [2.05, 4.69) is 5.32 Å². The summed E-state index contributed by atoms with van der Waals surface area (Å²) in [4.78, 5) is 23.0. The number of nitriles is 1. The van der Waals surface area contributed by atoms with E-state index < -0.39 is 12.0 Å². The van der Waals surface area contributed by atoms with Gasteiger partial charge in [0.2, 0.25) is 0 Å². The van der Waals surface area contributed by atoms with Crippen LogP contribution in [0.3, 0.4) is 0 Å². The summed E-state index contributed by atoms with van der Waals surface area (Å²) in [5.74, 6) is -1.07. The topological polar surface area (TPSA) is 93.4 Å². The van der Waals surface area contributed by atoms with Crippen LogP contribution in [0, 0.1) is 11.3 Å². The number of carbonyl (C=O) groups excluding carboxylic acids is 1. The second-order valence-corrected chi connectivity index (χ2v) is 3.72. The lowest BCUT2D eigenvalue weighted by Crippen LogP contribution is -2.39. The maximum absolute atomic E-state index is 11.5. The minimum atomic E-state index is -1.07. The molecular formula is C12H13N3O3. The molecule has 1 rings (SSSR count). The first-order valence-electron chi connectivity index (χ1n) is 5.22. The number of nitrogens with one attached hydrogen (secondary N) is 1. The Balaban J connectivity index is 2.52. The Hall–Kier alpha value is -2.55. The minimum Gasteiger partial charge on any atom is -0.480 e. The van der Waals surface area contributed by atoms with Crippen molar-refractivity contribution in [3.63, 3.8) is 0 Å². The highest BCUT2D eigenvalue weighted by molar-refractivity contribution is 5.79. The highest BCUT2D eigenvalue weighted by Crippen LogP contribution is 2.03. The first kappa shape index (κ1) is 13.5. The summed E-state index contributed by atoms with van der Waals surface area (Å²) < 4.78 is 0. The zero-order chi connectivity index (χ0) is 13.5. The molecule has 0 spiro atoms. The van der Waals surface area contributed by atoms with Crippen molar-refractivity contribution >= 4 is 12.0 Å². The van der Waals surface area contributed by atoms with E-state index >= 15 is 0 Å². The summed E-state index contributed by atoms with van der Waals surface area (Å²) in [6.07, 6.45) is 0. The fourth-order valence-electron chi connectivity index (χ4n) is 1.34. The van der Waals surface area contributed by atoms with E-state index in [0.717, 1.165) is 10.5 Å². The summed E-state index contributed by atoms with van der Waals surface area (Å²) in [7, 11) is 1.40. The van der Waals surface area contributed by atoms with E-state index in [1.54, 1.807) is 24.3 Å². The van der Waals surface area contributed by atoms with Gasteiger partial charge in [-0.3, -0.25) is 4.79 Å². The van der Waals surface area contributed by atoms with Crippen LogP contribution < -0.4 is 5.32 Å². The highest BCUT2D eigenvalue weighted by atomic mass is 16.4. The molecule has 0 radical (unpaired) electrons. The normalized spacial score (nSPS) is 9.33. The van der Waals surface area contributed by atoms with Gasteiger partial charge in [0.25, 0.3) is 0 Å². The van der Waals surface area contributed by atoms with E-state index in [-0.39, 0.29) is 13.1 Å². The number of carbonyl (C=O) groups is 2. The molecule has 94 valence electrons. The lowest BCUT2D eigenvalue weighted by molar-refractivity contribution is -0.137. The Morgan fingerprint density at radius 1 is 1.50 bits per heavy atom. The number of urea groups is 1. The Kier molecular flexibility index (Phi) is 4.69. The van der Waals surface area contributed by atoms with Crippen LogP contribution in [0.2, 0.25) is 0 Å². The molecule has 0 aliphatic carbocycles. The molecule has 0 aliphatic heterocycles. The molecule has 0 saturated heterocycles. The molecule has 18 heavy (non-hydrogen) atoms. The molecule has 0 saturated carbocycles. The van der Waals surface area contributed by atoms with Crippen LogP contribution in [0.5, 0.6) is 0 Å². The van der Waals surface area contributed by atoms with E-state index in [4.69, 9.17) is 10.4 Å². The van der Waals surface area contributed by atoms with Gasteiger partial charge in [0.15, 0.2) is 0 Å². The zero-order valence-electron chi connectivity index (χ0n) is 9.88. The Bertz CT molecular complexity index is 494. The van der Waals surface area contributed by atoms with Gasteiger partial charge in [0.05, 0.1) is 11.6 Å². The maximum Gasteiger partial charge on any atom is 0.323 e. The van der Waals surface area contributed by atoms with Crippen molar-refractivity contribution < 1.29 is 14.7 Å². The SMILES string of the molecule is CN(CC(=O)O)C(=O)NCc1cccc(C#N)c1. The van der Waals surface area contributed by atoms with Crippen molar-refractivity contribution in [2.45, 2.75) is 6.54 Å². The molecular weight excluding hydrogens is 234 g/mol. The van der Waals surface area contributed by atoms with Crippen LogP contribution in [-0.2, 0) is 11.3 Å². The molecule has 0 aliphatic rings. The summed E-state index contributed by atoms with van der Waals surface area (Å²) >= 11 is 0. The van der Waals surface area contributed by atoms with Gasteiger partial charge in [-0.05, 0) is 17.7 Å². The molecule has 0 atom stereocenters. The van der Waals surface area contributed by atoms with Gasteiger partial charge >= 0.3 is 12.0 Å². The Labute approximate surface area is 104 Å². The van der Waals surface area contributed by atoms with Crippen molar-refractivity contribution in [3.8, 4) is 6.07 Å². The van der Waals surface area contributed by atoms with Crippen molar-refractivity contribution in [1.29, 1.82) is 5.26 Å². The molecule has 2 N–H and O–H groups in total. The highest BCUT2D eigenvalue weighted by Gasteiger charge is 2.11. The van der Waals surface area contributed by atoms with Crippen LogP contribution >= 0.6 is 0 Å². The molecule has 0 heterocycles. The van der Waals surface area contributed by atoms with Gasteiger partial charge in [-0.1, -0.05) is 12.1 Å². The quantitative estimate of drug-likeness (QED) is 0.822. The molecule has 1 aromatic rings. The van der Waals surface area contributed by atoms with Crippen molar-refractivity contribution in [1.82, 2.24) is 10.2 Å². The predicted molar refractivity (Wildman–Crippen MR) is 63.7 cm³/mol. The fourth-order valence-corrected chi connectivity index (χ4v) is 1.34. The van der Waals surface area contributed by atoms with E-state index in [0.29, 0.717) is 5.56 Å². The van der Waals surface area contributed by atoms with Crippen molar-refractivity contribution in [2.24, 2.45) is 0 Å². The molecule has 6 nitrogen and oxygen atoms in total. The van der Waals surface area contributed by atoms with Crippen molar-refractivity contribution in [3.05, 3.63) is 35.4 Å². The Morgan fingerprint density at radius 2 is 2.22 bits per heavy atom. The average Bonchev–Trinajstić information content (AvgIpc) is 2.35. The summed E-state index contributed by atoms with van der Waals surface area (Å²) in [5.41, 5.74) is 1.30. The predicted octanol–water partition coefficient (Wildman–Crippen LogP) is 0.784. The van der Waals surface area contributed by atoms with Gasteiger partial charge < -0.3 is 15.3 Å². The molecule has 0 fully saturated rings. The minimum absolute atomic E-state index is 0.248. The van der Waals surface area contributed by atoms with Crippen LogP contribution in [0.1, 0.15) is 11.1 Å². The van der Waals surface area contributed by atoms with Gasteiger partial charge in [0.1, 0.15) is 6.54 Å². The third kappa shape index (κ3) is 4.14. The van der Waals surface area contributed by atoms with E-state index in [1.807, 2.05) is 6.07 Å². The van der Waals surface area contributed by atoms with Gasteiger partial charge in [-0.2, -0.15) is 5.26 Å². The number of aliphatic carboxylic acids is 1. The number of hydrogen-bond acceptors (Lipinski definition) is 3. The largest absolute Gasteiger partial charge is 0.480 e. The number of carboxylic acid groups (broad SMARTS) is 1. The first-order valence-corrected chi connectivity index (χ1v) is 5.22. The lowest BCUT2D eigenvalue weighted by Gasteiger charge is -2.15. The summed E-state index contributed by atoms with van der Waals surface area (Å²) in [6, 6.07) is 8.36. The van der Waals surface area contributed by atoms with Crippen LogP contribution in [0.25, 0.3) is 0 Å². The maximum atomic E-state index is 11.5. The van der Waals surface area contributed by atoms with Crippen LogP contribution in [0.15, 0.2) is 24.3 Å². The smallest absolute Gasteiger partial charge is 0.323 e. The first-order chi connectivity index (χ1) is 8.52. The average molecular weight is 247 g/mol. The lowest BCUT2D eigenvalue weighted by atomic mass is 10.1. The van der Waals surface area contributed by atoms with Gasteiger partial charge in [-0.15, -0.1) is 0 Å². The Morgan fingerprint density at radius 3 is 2.83 bits per heavy atom. The molecule has 2 amide bonds. The van der Waals surface area contributed by atoms with Gasteiger partial charge in [-0.25, -0.2) is 4.79 Å². The van der Waals surface area contributed by atoms with Gasteiger partial charge in [0, 0.05) is 13.6 Å². The number of hydrogen-bond donors (Lipinski definition) is 2. The summed E-state index contributed by atoms with van der Waals surface area (Å²) in [6.45, 7) is -0.109. The third-order valence-electron chi connectivity index (χ3n) is 2.22. The monoisotopic (exact) mass is 247 g/mol. The number of amides is 2. The number of benzene rings is 1. The molecule has 6 heteroatoms. The van der Waals surface area contributed by atoms with Crippen LogP contribution in [0.4, 0.5) is 4.79 Å². The summed E-state index contributed by atoms with van der Waals surface area (Å²) in [5, 5.41) is 19.8. The second-order valence-electron chi connectivity index (χ2n) is 3.72. The molecule has 0 unspecified atom stereocenters. The number of likely N-dealkylation sites (N-methyl/N-ethyl adjacent to an activating group) is 1. The molecule has 0 aromatic heterocycles. The zero-order valence-corrected chi connectivity index (χ0v) is 9.88. The molecule has 1 aromatic carbocycles.